The van der Waals surface area contributed by atoms with Crippen LogP contribution in [0, 0.1) is 5.82 Å². The Hall–Kier alpha value is -1.35. The Morgan fingerprint density at radius 2 is 2.06 bits per heavy atom. The zero-order valence-corrected chi connectivity index (χ0v) is 11.3. The van der Waals surface area contributed by atoms with Crippen molar-refractivity contribution < 1.29 is 4.39 Å². The molecule has 2 rings (SSSR count). The third kappa shape index (κ3) is 2.56. The van der Waals surface area contributed by atoms with Gasteiger partial charge in [0.1, 0.15) is 11.6 Å². The van der Waals surface area contributed by atoms with Crippen LogP contribution < -0.4 is 5.32 Å². The van der Waals surface area contributed by atoms with Crippen LogP contribution in [0.25, 0.3) is 10.9 Å². The quantitative estimate of drug-likeness (QED) is 0.887. The van der Waals surface area contributed by atoms with E-state index in [1.807, 2.05) is 6.07 Å². The average Bonchev–Trinajstić information content (AvgIpc) is 2.35. The fourth-order valence-electron chi connectivity index (χ4n) is 1.92. The number of aryl methyl sites for hydroxylation is 1. The van der Waals surface area contributed by atoms with Crippen LogP contribution in [0.1, 0.15) is 25.8 Å². The van der Waals surface area contributed by atoms with Crippen molar-refractivity contribution >= 4 is 28.3 Å². The van der Waals surface area contributed by atoms with E-state index < -0.39 is 0 Å². The molecule has 1 aromatic heterocycles. The molecule has 1 heterocycles. The monoisotopic (exact) mass is 266 g/mol. The Bertz CT molecular complexity index is 569. The molecule has 18 heavy (non-hydrogen) atoms. The standard InChI is InChI=1S/C14H16ClFN2/c1-3-5-17-14-9(4-2)6-10-7-11(16)8-12(15)13(10)18-14/h6-8H,3-5H2,1-2H3,(H,17,18). The summed E-state index contributed by atoms with van der Waals surface area (Å²) in [6.07, 6.45) is 1.88. The van der Waals surface area contributed by atoms with Crippen LogP contribution in [0.3, 0.4) is 0 Å². The summed E-state index contributed by atoms with van der Waals surface area (Å²) in [6.45, 7) is 5.02. The number of rotatable bonds is 4. The maximum atomic E-state index is 13.3. The maximum absolute atomic E-state index is 13.3. The fourth-order valence-corrected chi connectivity index (χ4v) is 2.18. The predicted octanol–water partition coefficient (Wildman–Crippen LogP) is 4.41. The average molecular weight is 267 g/mol. The van der Waals surface area contributed by atoms with E-state index in [1.54, 1.807) is 0 Å². The van der Waals surface area contributed by atoms with Crippen molar-refractivity contribution in [2.24, 2.45) is 0 Å². The van der Waals surface area contributed by atoms with E-state index >= 15 is 0 Å². The lowest BCUT2D eigenvalue weighted by molar-refractivity contribution is 0.629. The van der Waals surface area contributed by atoms with Crippen molar-refractivity contribution in [2.45, 2.75) is 26.7 Å². The number of benzene rings is 1. The van der Waals surface area contributed by atoms with Crippen molar-refractivity contribution in [3.05, 3.63) is 34.6 Å². The second-order valence-electron chi connectivity index (χ2n) is 4.24. The number of fused-ring (bicyclic) bond motifs is 1. The predicted molar refractivity (Wildman–Crippen MR) is 74.9 cm³/mol. The minimum Gasteiger partial charge on any atom is -0.370 e. The highest BCUT2D eigenvalue weighted by atomic mass is 35.5. The zero-order chi connectivity index (χ0) is 13.1. The van der Waals surface area contributed by atoms with Gasteiger partial charge < -0.3 is 5.32 Å². The highest BCUT2D eigenvalue weighted by Crippen LogP contribution is 2.27. The van der Waals surface area contributed by atoms with Crippen molar-refractivity contribution in [1.29, 1.82) is 0 Å². The highest BCUT2D eigenvalue weighted by Gasteiger charge is 2.09. The molecule has 96 valence electrons. The molecule has 0 spiro atoms. The van der Waals surface area contributed by atoms with Gasteiger partial charge in [-0.15, -0.1) is 0 Å². The summed E-state index contributed by atoms with van der Waals surface area (Å²) in [4.78, 5) is 4.51. The first-order chi connectivity index (χ1) is 8.65. The molecule has 0 amide bonds. The van der Waals surface area contributed by atoms with Crippen LogP contribution in [0.2, 0.25) is 5.02 Å². The molecule has 4 heteroatoms. The van der Waals surface area contributed by atoms with Gasteiger partial charge in [-0.3, -0.25) is 0 Å². The van der Waals surface area contributed by atoms with Gasteiger partial charge >= 0.3 is 0 Å². The smallest absolute Gasteiger partial charge is 0.129 e. The third-order valence-corrected chi connectivity index (χ3v) is 3.13. The molecular formula is C14H16ClFN2. The second kappa shape index (κ2) is 5.53. The van der Waals surface area contributed by atoms with Crippen LogP contribution in [0.4, 0.5) is 10.2 Å². The van der Waals surface area contributed by atoms with E-state index in [-0.39, 0.29) is 5.82 Å². The van der Waals surface area contributed by atoms with Crippen molar-refractivity contribution in [3.8, 4) is 0 Å². The molecule has 2 nitrogen and oxygen atoms in total. The van der Waals surface area contributed by atoms with Gasteiger partial charge in [-0.25, -0.2) is 9.37 Å². The highest BCUT2D eigenvalue weighted by molar-refractivity contribution is 6.35. The van der Waals surface area contributed by atoms with Gasteiger partial charge in [-0.05, 0) is 36.6 Å². The van der Waals surface area contributed by atoms with Gasteiger partial charge in [0.25, 0.3) is 0 Å². The summed E-state index contributed by atoms with van der Waals surface area (Å²) < 4.78 is 13.3. The van der Waals surface area contributed by atoms with E-state index in [4.69, 9.17) is 11.6 Å². The van der Waals surface area contributed by atoms with E-state index in [1.165, 1.54) is 12.1 Å². The molecule has 0 atom stereocenters. The molecule has 0 aliphatic carbocycles. The van der Waals surface area contributed by atoms with Crippen molar-refractivity contribution in [3.63, 3.8) is 0 Å². The van der Waals surface area contributed by atoms with Gasteiger partial charge in [0.15, 0.2) is 0 Å². The molecule has 0 saturated carbocycles. The van der Waals surface area contributed by atoms with Gasteiger partial charge in [-0.1, -0.05) is 25.4 Å². The molecule has 0 aliphatic heterocycles. The summed E-state index contributed by atoms with van der Waals surface area (Å²) in [5.41, 5.74) is 1.73. The first kappa shape index (κ1) is 13.1. The van der Waals surface area contributed by atoms with Crippen LogP contribution in [-0.2, 0) is 6.42 Å². The first-order valence-electron chi connectivity index (χ1n) is 6.18. The molecule has 0 saturated heterocycles. The molecule has 0 unspecified atom stereocenters. The molecule has 0 bridgehead atoms. The SMILES string of the molecule is CCCNc1nc2c(Cl)cc(F)cc2cc1CC. The van der Waals surface area contributed by atoms with Gasteiger partial charge in [0, 0.05) is 11.9 Å². The van der Waals surface area contributed by atoms with E-state index in [9.17, 15) is 4.39 Å². The number of halogens is 2. The van der Waals surface area contributed by atoms with Gasteiger partial charge in [-0.2, -0.15) is 0 Å². The largest absolute Gasteiger partial charge is 0.370 e. The Kier molecular flexibility index (Phi) is 4.02. The Labute approximate surface area is 111 Å². The number of pyridine rings is 1. The summed E-state index contributed by atoms with van der Waals surface area (Å²) in [6, 6.07) is 4.72. The lowest BCUT2D eigenvalue weighted by Crippen LogP contribution is -2.05. The summed E-state index contributed by atoms with van der Waals surface area (Å²) >= 11 is 6.03. The molecule has 0 radical (unpaired) electrons. The third-order valence-electron chi connectivity index (χ3n) is 2.84. The summed E-state index contributed by atoms with van der Waals surface area (Å²) in [5.74, 6) is 0.519. The van der Waals surface area contributed by atoms with Gasteiger partial charge in [0.2, 0.25) is 0 Å². The van der Waals surface area contributed by atoms with Crippen molar-refractivity contribution in [1.82, 2.24) is 4.98 Å². The summed E-state index contributed by atoms with van der Waals surface area (Å²) in [7, 11) is 0. The molecule has 0 aliphatic rings. The number of hydrogen-bond donors (Lipinski definition) is 1. The normalized spacial score (nSPS) is 10.9. The van der Waals surface area contributed by atoms with Crippen LogP contribution in [0.5, 0.6) is 0 Å². The van der Waals surface area contributed by atoms with E-state index in [2.05, 4.69) is 24.1 Å². The van der Waals surface area contributed by atoms with E-state index in [0.29, 0.717) is 10.5 Å². The van der Waals surface area contributed by atoms with E-state index in [0.717, 1.165) is 36.2 Å². The summed E-state index contributed by atoms with van der Waals surface area (Å²) in [5, 5.41) is 4.39. The molecule has 1 N–H and O–H groups in total. The van der Waals surface area contributed by atoms with Crippen molar-refractivity contribution in [2.75, 3.05) is 11.9 Å². The number of nitrogens with zero attached hydrogens (tertiary/aromatic N) is 1. The van der Waals surface area contributed by atoms with Crippen LogP contribution in [0.15, 0.2) is 18.2 Å². The molecule has 0 fully saturated rings. The number of aromatic nitrogens is 1. The lowest BCUT2D eigenvalue weighted by atomic mass is 10.1. The zero-order valence-electron chi connectivity index (χ0n) is 10.6. The topological polar surface area (TPSA) is 24.9 Å². The molecule has 2 aromatic rings. The minimum atomic E-state index is -0.328. The Morgan fingerprint density at radius 1 is 1.28 bits per heavy atom. The Morgan fingerprint density at radius 3 is 2.72 bits per heavy atom. The number of nitrogens with one attached hydrogen (secondary N) is 1. The molecule has 1 aromatic carbocycles. The number of hydrogen-bond acceptors (Lipinski definition) is 2. The minimum absolute atomic E-state index is 0.328. The number of anilines is 1. The van der Waals surface area contributed by atoms with Crippen LogP contribution in [-0.4, -0.2) is 11.5 Å². The van der Waals surface area contributed by atoms with Gasteiger partial charge in [0.05, 0.1) is 10.5 Å². The fraction of sp³-hybridized carbons (Fsp3) is 0.357. The first-order valence-corrected chi connectivity index (χ1v) is 6.56. The lowest BCUT2D eigenvalue weighted by Gasteiger charge is -2.11. The Balaban J connectivity index is 2.57. The van der Waals surface area contributed by atoms with Crippen LogP contribution >= 0.6 is 11.6 Å². The maximum Gasteiger partial charge on any atom is 0.129 e. The molecular weight excluding hydrogens is 251 g/mol. The second-order valence-corrected chi connectivity index (χ2v) is 4.64.